The van der Waals surface area contributed by atoms with Crippen molar-refractivity contribution in [2.75, 3.05) is 14.1 Å². The smallest absolute Gasteiger partial charge is 0.0491 e. The molecule has 0 bridgehead atoms. The highest BCUT2D eigenvalue weighted by Crippen LogP contribution is 2.42. The first kappa shape index (κ1) is 14.0. The summed E-state index contributed by atoms with van der Waals surface area (Å²) in [6, 6.07) is 14.7. The van der Waals surface area contributed by atoms with Gasteiger partial charge in [0.1, 0.15) is 0 Å². The lowest BCUT2D eigenvalue weighted by molar-refractivity contribution is 0.566. The van der Waals surface area contributed by atoms with Crippen LogP contribution in [0, 0.1) is 6.92 Å². The molecule has 21 heavy (non-hydrogen) atoms. The highest BCUT2D eigenvalue weighted by atomic mass is 35.5. The molecule has 0 unspecified atom stereocenters. The van der Waals surface area contributed by atoms with Crippen LogP contribution in [0.15, 0.2) is 54.7 Å². The van der Waals surface area contributed by atoms with Gasteiger partial charge in [-0.25, -0.2) is 0 Å². The lowest BCUT2D eigenvalue weighted by Gasteiger charge is -2.09. The van der Waals surface area contributed by atoms with Crippen LogP contribution in [0.25, 0.3) is 11.1 Å². The molecule has 0 amide bonds. The Morgan fingerprint density at radius 2 is 1.71 bits per heavy atom. The van der Waals surface area contributed by atoms with Gasteiger partial charge >= 0.3 is 0 Å². The molecule has 0 heterocycles. The summed E-state index contributed by atoms with van der Waals surface area (Å²) in [5.74, 6) is 0. The monoisotopic (exact) mass is 295 g/mol. The van der Waals surface area contributed by atoms with Gasteiger partial charge in [0, 0.05) is 36.5 Å². The van der Waals surface area contributed by atoms with Crippen molar-refractivity contribution in [3.05, 3.63) is 82.0 Å². The molecule has 3 rings (SSSR count). The van der Waals surface area contributed by atoms with Crippen LogP contribution >= 0.6 is 11.6 Å². The molecule has 106 valence electrons. The molecule has 0 atom stereocenters. The topological polar surface area (TPSA) is 3.24 Å². The van der Waals surface area contributed by atoms with Gasteiger partial charge in [-0.15, -0.1) is 0 Å². The van der Waals surface area contributed by atoms with E-state index in [9.17, 15) is 0 Å². The molecule has 2 aromatic rings. The Bertz CT molecular complexity index is 737. The minimum absolute atomic E-state index is 0.805. The van der Waals surface area contributed by atoms with E-state index in [1.54, 1.807) is 0 Å². The van der Waals surface area contributed by atoms with Crippen molar-refractivity contribution in [1.29, 1.82) is 0 Å². The van der Waals surface area contributed by atoms with E-state index in [-0.39, 0.29) is 0 Å². The third-order valence-corrected chi connectivity index (χ3v) is 3.97. The van der Waals surface area contributed by atoms with Gasteiger partial charge < -0.3 is 4.90 Å². The fourth-order valence-electron chi connectivity index (χ4n) is 2.70. The first-order valence-corrected chi connectivity index (χ1v) is 7.40. The summed E-state index contributed by atoms with van der Waals surface area (Å²) in [5.41, 5.74) is 7.23. The number of hydrogen-bond acceptors (Lipinski definition) is 1. The van der Waals surface area contributed by atoms with Crippen molar-refractivity contribution >= 4 is 22.7 Å². The fourth-order valence-corrected chi connectivity index (χ4v) is 2.98. The molecule has 0 saturated carbocycles. The molecule has 1 aliphatic carbocycles. The summed E-state index contributed by atoms with van der Waals surface area (Å²) in [4.78, 5) is 2.05. The number of aryl methyl sites for hydroxylation is 1. The van der Waals surface area contributed by atoms with Crippen molar-refractivity contribution in [1.82, 2.24) is 4.90 Å². The first-order chi connectivity index (χ1) is 10.1. The SMILES string of the molecule is Cc1ccc(C2=C/C(=C\N(C)C)c3c(Cl)cccc32)cc1. The Morgan fingerprint density at radius 1 is 1.00 bits per heavy atom. The molecule has 0 aliphatic heterocycles. The number of hydrogen-bond donors (Lipinski definition) is 0. The van der Waals surface area contributed by atoms with Crippen LogP contribution in [-0.4, -0.2) is 19.0 Å². The van der Waals surface area contributed by atoms with E-state index in [2.05, 4.69) is 54.4 Å². The summed E-state index contributed by atoms with van der Waals surface area (Å²) in [6.45, 7) is 2.11. The van der Waals surface area contributed by atoms with Crippen LogP contribution in [0.2, 0.25) is 5.02 Å². The zero-order valence-electron chi connectivity index (χ0n) is 12.5. The Balaban J connectivity index is 2.19. The molecule has 0 spiro atoms. The van der Waals surface area contributed by atoms with E-state index in [1.807, 2.05) is 26.2 Å². The minimum atomic E-state index is 0.805. The van der Waals surface area contributed by atoms with Crippen LogP contribution < -0.4 is 0 Å². The molecule has 2 aromatic carbocycles. The number of fused-ring (bicyclic) bond motifs is 1. The maximum absolute atomic E-state index is 6.43. The second-order valence-corrected chi connectivity index (χ2v) is 6.04. The standard InChI is InChI=1S/C19H18ClN/c1-13-7-9-14(10-8-13)17-11-15(12-21(2)3)19-16(17)5-4-6-18(19)20/h4-12H,1-3H3/b15-12+. The summed E-state index contributed by atoms with van der Waals surface area (Å²) in [7, 11) is 4.06. The molecular weight excluding hydrogens is 278 g/mol. The van der Waals surface area contributed by atoms with Gasteiger partial charge in [0.2, 0.25) is 0 Å². The van der Waals surface area contributed by atoms with E-state index in [0.29, 0.717) is 0 Å². The third kappa shape index (κ3) is 2.62. The molecule has 1 aliphatic rings. The average Bonchev–Trinajstić information content (AvgIpc) is 2.79. The Hall–Kier alpha value is -1.99. The van der Waals surface area contributed by atoms with E-state index in [0.717, 1.165) is 16.2 Å². The van der Waals surface area contributed by atoms with Gasteiger partial charge in [-0.1, -0.05) is 53.6 Å². The zero-order chi connectivity index (χ0) is 15.0. The second kappa shape index (κ2) is 5.42. The average molecular weight is 296 g/mol. The number of halogens is 1. The molecular formula is C19H18ClN. The molecule has 2 heteroatoms. The van der Waals surface area contributed by atoms with Gasteiger partial charge in [0.05, 0.1) is 0 Å². The zero-order valence-corrected chi connectivity index (χ0v) is 13.3. The first-order valence-electron chi connectivity index (χ1n) is 7.02. The lowest BCUT2D eigenvalue weighted by atomic mass is 9.98. The van der Waals surface area contributed by atoms with Gasteiger partial charge in [-0.2, -0.15) is 0 Å². The molecule has 1 nitrogen and oxygen atoms in total. The number of rotatable bonds is 2. The molecule has 0 aromatic heterocycles. The van der Waals surface area contributed by atoms with Crippen LogP contribution in [0.1, 0.15) is 22.3 Å². The Morgan fingerprint density at radius 3 is 2.38 bits per heavy atom. The highest BCUT2D eigenvalue weighted by molar-refractivity contribution is 6.33. The van der Waals surface area contributed by atoms with Crippen molar-refractivity contribution < 1.29 is 0 Å². The van der Waals surface area contributed by atoms with Gasteiger partial charge in [-0.05, 0) is 35.8 Å². The molecule has 0 saturated heterocycles. The predicted molar refractivity (Wildman–Crippen MR) is 91.4 cm³/mol. The van der Waals surface area contributed by atoms with Crippen molar-refractivity contribution in [3.63, 3.8) is 0 Å². The normalized spacial score (nSPS) is 15.0. The van der Waals surface area contributed by atoms with Gasteiger partial charge in [-0.3, -0.25) is 0 Å². The number of nitrogens with zero attached hydrogens (tertiary/aromatic N) is 1. The summed E-state index contributed by atoms with van der Waals surface area (Å²) < 4.78 is 0. The Kier molecular flexibility index (Phi) is 3.60. The van der Waals surface area contributed by atoms with Crippen LogP contribution in [0.4, 0.5) is 0 Å². The largest absolute Gasteiger partial charge is 0.383 e. The van der Waals surface area contributed by atoms with Crippen molar-refractivity contribution in [3.8, 4) is 0 Å². The Labute approximate surface area is 131 Å². The molecule has 0 N–H and O–H groups in total. The van der Waals surface area contributed by atoms with E-state index in [4.69, 9.17) is 11.6 Å². The highest BCUT2D eigenvalue weighted by Gasteiger charge is 2.21. The van der Waals surface area contributed by atoms with Crippen LogP contribution in [-0.2, 0) is 0 Å². The quantitative estimate of drug-likeness (QED) is 0.754. The van der Waals surface area contributed by atoms with Crippen molar-refractivity contribution in [2.24, 2.45) is 0 Å². The summed E-state index contributed by atoms with van der Waals surface area (Å²) in [6.07, 6.45) is 4.34. The number of benzene rings is 2. The van der Waals surface area contributed by atoms with E-state index in [1.165, 1.54) is 22.3 Å². The van der Waals surface area contributed by atoms with Gasteiger partial charge in [0.15, 0.2) is 0 Å². The lowest BCUT2D eigenvalue weighted by Crippen LogP contribution is -2.01. The van der Waals surface area contributed by atoms with Crippen molar-refractivity contribution in [2.45, 2.75) is 6.92 Å². The molecule has 0 radical (unpaired) electrons. The number of allylic oxidation sites excluding steroid dienone is 2. The second-order valence-electron chi connectivity index (χ2n) is 5.63. The van der Waals surface area contributed by atoms with E-state index < -0.39 is 0 Å². The fraction of sp³-hybridized carbons (Fsp3) is 0.158. The molecule has 0 fully saturated rings. The minimum Gasteiger partial charge on any atom is -0.383 e. The van der Waals surface area contributed by atoms with Gasteiger partial charge in [0.25, 0.3) is 0 Å². The van der Waals surface area contributed by atoms with E-state index >= 15 is 0 Å². The van der Waals surface area contributed by atoms with Crippen LogP contribution in [0.5, 0.6) is 0 Å². The summed E-state index contributed by atoms with van der Waals surface area (Å²) in [5, 5.41) is 0.805. The summed E-state index contributed by atoms with van der Waals surface area (Å²) >= 11 is 6.43. The maximum Gasteiger partial charge on any atom is 0.0491 e. The maximum atomic E-state index is 6.43. The predicted octanol–water partition coefficient (Wildman–Crippen LogP) is 5.00. The third-order valence-electron chi connectivity index (χ3n) is 3.65. The van der Waals surface area contributed by atoms with Crippen LogP contribution in [0.3, 0.4) is 0 Å².